The molecule has 0 N–H and O–H groups in total. The number of amides is 1. The maximum atomic E-state index is 13.2. The Labute approximate surface area is 230 Å². The number of ketones is 1. The summed E-state index contributed by atoms with van der Waals surface area (Å²) in [5.74, 6) is -1.03. The second kappa shape index (κ2) is 13.5. The van der Waals surface area contributed by atoms with E-state index in [0.717, 1.165) is 31.2 Å². The van der Waals surface area contributed by atoms with Crippen LogP contribution in [-0.4, -0.2) is 39.5 Å². The minimum absolute atomic E-state index is 0.108. The molecule has 37 heavy (non-hydrogen) atoms. The van der Waals surface area contributed by atoms with Gasteiger partial charge < -0.3 is 9.64 Å². The number of aryl methyl sites for hydroxylation is 1. The van der Waals surface area contributed by atoms with Crippen molar-refractivity contribution in [2.45, 2.75) is 55.9 Å². The van der Waals surface area contributed by atoms with E-state index in [1.807, 2.05) is 42.5 Å². The van der Waals surface area contributed by atoms with E-state index in [4.69, 9.17) is 29.6 Å². The molecule has 0 spiro atoms. The Balaban J connectivity index is 1.45. The predicted molar refractivity (Wildman–Crippen MR) is 155 cm³/mol. The fourth-order valence-electron chi connectivity index (χ4n) is 4.74. The topological polar surface area (TPSA) is 46.6 Å². The quantitative estimate of drug-likeness (QED) is 0.138. The van der Waals surface area contributed by atoms with E-state index in [1.165, 1.54) is 5.56 Å². The van der Waals surface area contributed by atoms with Crippen LogP contribution in [0.2, 0.25) is 0 Å². The summed E-state index contributed by atoms with van der Waals surface area (Å²) in [6.45, 7) is 0.494. The summed E-state index contributed by atoms with van der Waals surface area (Å²) in [6.07, 6.45) is 4.71. The largest absolute Gasteiger partial charge is 0.477 e. The third-order valence-electron chi connectivity index (χ3n) is 6.79. The van der Waals surface area contributed by atoms with Crippen LogP contribution in [0.15, 0.2) is 91.0 Å². The molecule has 1 aliphatic heterocycles. The van der Waals surface area contributed by atoms with Crippen molar-refractivity contribution in [2.75, 3.05) is 6.54 Å². The first-order valence-electron chi connectivity index (χ1n) is 12.9. The fraction of sp³-hybridized carbons (Fsp3) is 0.323. The minimum Gasteiger partial charge on any atom is -0.477 e. The van der Waals surface area contributed by atoms with Crippen LogP contribution in [-0.2, 0) is 16.0 Å². The van der Waals surface area contributed by atoms with Gasteiger partial charge in [-0.3, -0.25) is 9.59 Å². The molecule has 0 aromatic heterocycles. The van der Waals surface area contributed by atoms with Gasteiger partial charge in [0.2, 0.25) is 5.78 Å². The molecule has 3 unspecified atom stereocenters. The summed E-state index contributed by atoms with van der Waals surface area (Å²) < 4.78 is 6.44. The third-order valence-corrected chi connectivity index (χ3v) is 7.63. The summed E-state index contributed by atoms with van der Waals surface area (Å²) >= 11 is 10.7. The molecule has 1 amide bonds. The lowest BCUT2D eigenvalue weighted by atomic mass is 9.99. The van der Waals surface area contributed by atoms with Crippen LogP contribution >= 0.6 is 24.8 Å². The Morgan fingerprint density at radius 1 is 0.919 bits per heavy atom. The van der Waals surface area contributed by atoms with Gasteiger partial charge >= 0.3 is 0 Å². The summed E-state index contributed by atoms with van der Waals surface area (Å²) in [5, 5.41) is 0.475. The number of ether oxygens (including phenoxy) is 1. The third kappa shape index (κ3) is 7.53. The lowest BCUT2D eigenvalue weighted by Gasteiger charge is -2.36. The smallest absolute Gasteiger partial charge is 0.295 e. The molecule has 0 bridgehead atoms. The van der Waals surface area contributed by atoms with Gasteiger partial charge in [0.15, 0.2) is 5.05 Å². The standard InChI is InChI=1S/C31H33NO3S2/c33-29(25-16-8-3-9-17-25)30(34)32-21-11-10-18-27(32)31(37)35-28(24-14-6-2-7-15-24)22-26(36)20-19-23-12-4-1-5-13-23/h1-9,12-17,26-28,36H,10-11,18-22H2. The van der Waals surface area contributed by atoms with Crippen LogP contribution in [0.3, 0.4) is 0 Å². The molecule has 1 aliphatic rings. The van der Waals surface area contributed by atoms with Crippen LogP contribution < -0.4 is 0 Å². The molecule has 4 rings (SSSR count). The molecular formula is C31H33NO3S2. The molecule has 1 saturated heterocycles. The van der Waals surface area contributed by atoms with Crippen molar-refractivity contribution in [3.05, 3.63) is 108 Å². The highest BCUT2D eigenvalue weighted by Gasteiger charge is 2.35. The van der Waals surface area contributed by atoms with E-state index < -0.39 is 17.7 Å². The molecule has 192 valence electrons. The monoisotopic (exact) mass is 531 g/mol. The zero-order valence-corrected chi connectivity index (χ0v) is 22.6. The predicted octanol–water partition coefficient (Wildman–Crippen LogP) is 6.66. The molecule has 0 saturated carbocycles. The van der Waals surface area contributed by atoms with E-state index >= 15 is 0 Å². The van der Waals surface area contributed by atoms with Gasteiger partial charge in [0, 0.05) is 23.8 Å². The summed E-state index contributed by atoms with van der Waals surface area (Å²) in [4.78, 5) is 27.7. The highest BCUT2D eigenvalue weighted by atomic mass is 32.1. The molecule has 3 aromatic rings. The molecule has 1 heterocycles. The van der Waals surface area contributed by atoms with Crippen LogP contribution in [0.1, 0.15) is 59.7 Å². The Morgan fingerprint density at radius 3 is 2.22 bits per heavy atom. The van der Waals surface area contributed by atoms with Crippen molar-refractivity contribution >= 4 is 41.6 Å². The Morgan fingerprint density at radius 2 is 1.54 bits per heavy atom. The summed E-state index contributed by atoms with van der Waals surface area (Å²) in [7, 11) is 0. The lowest BCUT2D eigenvalue weighted by molar-refractivity contribution is -0.128. The number of hydrogen-bond donors (Lipinski definition) is 1. The fourth-order valence-corrected chi connectivity index (χ4v) is 5.43. The van der Waals surface area contributed by atoms with E-state index in [9.17, 15) is 9.59 Å². The first kappa shape index (κ1) is 27.1. The van der Waals surface area contributed by atoms with Crippen molar-refractivity contribution < 1.29 is 14.3 Å². The molecule has 1 fully saturated rings. The van der Waals surface area contributed by atoms with Gasteiger partial charge in [-0.15, -0.1) is 0 Å². The second-order valence-electron chi connectivity index (χ2n) is 9.46. The molecule has 0 aliphatic carbocycles. The molecule has 0 radical (unpaired) electrons. The van der Waals surface area contributed by atoms with Gasteiger partial charge in [0.25, 0.3) is 5.91 Å². The zero-order valence-electron chi connectivity index (χ0n) is 20.9. The van der Waals surface area contributed by atoms with Gasteiger partial charge in [0.05, 0.1) is 0 Å². The maximum absolute atomic E-state index is 13.2. The average molecular weight is 532 g/mol. The van der Waals surface area contributed by atoms with Gasteiger partial charge in [-0.05, 0) is 55.4 Å². The van der Waals surface area contributed by atoms with Gasteiger partial charge in [0.1, 0.15) is 12.1 Å². The highest BCUT2D eigenvalue weighted by Crippen LogP contribution is 2.30. The van der Waals surface area contributed by atoms with Crippen molar-refractivity contribution in [1.82, 2.24) is 4.90 Å². The van der Waals surface area contributed by atoms with E-state index in [1.54, 1.807) is 29.2 Å². The number of carbonyl (C=O) groups excluding carboxylic acids is 2. The molecule has 4 nitrogen and oxygen atoms in total. The summed E-state index contributed by atoms with van der Waals surface area (Å²) in [5.41, 5.74) is 2.70. The Hall–Kier alpha value is -2.96. The number of hydrogen-bond acceptors (Lipinski definition) is 5. The highest BCUT2D eigenvalue weighted by molar-refractivity contribution is 7.81. The Kier molecular flexibility index (Phi) is 9.92. The van der Waals surface area contributed by atoms with Crippen LogP contribution in [0.25, 0.3) is 0 Å². The van der Waals surface area contributed by atoms with E-state index in [2.05, 4.69) is 24.3 Å². The first-order chi connectivity index (χ1) is 18.0. The number of piperidine rings is 1. The van der Waals surface area contributed by atoms with Gasteiger partial charge in [-0.2, -0.15) is 12.6 Å². The number of likely N-dealkylation sites (tertiary alicyclic amines) is 1. The summed E-state index contributed by atoms with van der Waals surface area (Å²) in [6, 6.07) is 28.7. The Bertz CT molecular complexity index is 1170. The average Bonchev–Trinajstić information content (AvgIpc) is 2.96. The van der Waals surface area contributed by atoms with Crippen molar-refractivity contribution in [1.29, 1.82) is 0 Å². The second-order valence-corrected chi connectivity index (χ2v) is 10.6. The molecule has 3 aromatic carbocycles. The normalized spacial score (nSPS) is 17.0. The molecular weight excluding hydrogens is 498 g/mol. The van der Waals surface area contributed by atoms with Gasteiger partial charge in [-0.1, -0.05) is 91.0 Å². The number of thiol groups is 1. The number of benzene rings is 3. The van der Waals surface area contributed by atoms with Crippen LogP contribution in [0.5, 0.6) is 0 Å². The van der Waals surface area contributed by atoms with Crippen molar-refractivity contribution in [3.8, 4) is 0 Å². The molecule has 3 atom stereocenters. The first-order valence-corrected chi connectivity index (χ1v) is 13.8. The number of thiocarbonyl (C=S) groups is 1. The lowest BCUT2D eigenvalue weighted by Crippen LogP contribution is -2.50. The number of rotatable bonds is 10. The maximum Gasteiger partial charge on any atom is 0.295 e. The number of nitrogens with zero attached hydrogens (tertiary/aromatic N) is 1. The molecule has 6 heteroatoms. The SMILES string of the molecule is O=C(C(=O)N1CCCCC1C(=S)OC(CC(S)CCc1ccccc1)c1ccccc1)c1ccccc1. The zero-order chi connectivity index (χ0) is 26.0. The van der Waals surface area contributed by atoms with Gasteiger partial charge in [-0.25, -0.2) is 0 Å². The van der Waals surface area contributed by atoms with Crippen LogP contribution in [0, 0.1) is 0 Å². The minimum atomic E-state index is -0.520. The number of carbonyl (C=O) groups is 2. The van der Waals surface area contributed by atoms with Crippen molar-refractivity contribution in [3.63, 3.8) is 0 Å². The van der Waals surface area contributed by atoms with Crippen molar-refractivity contribution in [2.24, 2.45) is 0 Å². The van der Waals surface area contributed by atoms with E-state index in [-0.39, 0.29) is 11.4 Å². The van der Waals surface area contributed by atoms with Crippen LogP contribution in [0.4, 0.5) is 0 Å². The van der Waals surface area contributed by atoms with E-state index in [0.29, 0.717) is 30.0 Å². The number of Topliss-reactive ketones (excluding diaryl/α,β-unsaturated/α-hetero) is 1.